The minimum Gasteiger partial charge on any atom is -0.370 e. The molecule has 0 aromatic carbocycles. The third kappa shape index (κ3) is 2.59. The monoisotopic (exact) mass is 297 g/mol. The second kappa shape index (κ2) is 4.93. The lowest BCUT2D eigenvalue weighted by Crippen LogP contribution is -2.02. The van der Waals surface area contributed by atoms with Gasteiger partial charge in [-0.1, -0.05) is 0 Å². The highest BCUT2D eigenvalue weighted by molar-refractivity contribution is 9.10. The second-order valence-corrected chi connectivity index (χ2v) is 5.20. The molecule has 2 aromatic heterocycles. The summed E-state index contributed by atoms with van der Waals surface area (Å²) in [7, 11) is 0. The summed E-state index contributed by atoms with van der Waals surface area (Å²) in [6, 6.07) is 3.99. The topological polar surface area (TPSA) is 37.8 Å². The molecular formula is C11H12BrN3S. The van der Waals surface area contributed by atoms with Gasteiger partial charge in [-0.15, -0.1) is 11.3 Å². The Kier molecular flexibility index (Phi) is 3.56. The molecule has 2 heterocycles. The zero-order valence-electron chi connectivity index (χ0n) is 9.12. The fourth-order valence-corrected chi connectivity index (χ4v) is 2.74. The number of aromatic nitrogens is 2. The first-order chi connectivity index (χ1) is 7.69. The SMILES string of the molecule is CCNc1cc(C)nc(-c2cc(Br)cs2)n1. The molecule has 16 heavy (non-hydrogen) atoms. The molecule has 0 spiro atoms. The lowest BCUT2D eigenvalue weighted by molar-refractivity contribution is 1.08. The maximum atomic E-state index is 4.47. The smallest absolute Gasteiger partial charge is 0.171 e. The van der Waals surface area contributed by atoms with Crippen LogP contribution in [-0.2, 0) is 0 Å². The van der Waals surface area contributed by atoms with E-state index < -0.39 is 0 Å². The quantitative estimate of drug-likeness (QED) is 0.938. The van der Waals surface area contributed by atoms with Gasteiger partial charge in [0.15, 0.2) is 5.82 Å². The number of nitrogens with zero attached hydrogens (tertiary/aromatic N) is 2. The molecule has 2 rings (SSSR count). The Morgan fingerprint density at radius 2 is 2.19 bits per heavy atom. The van der Waals surface area contributed by atoms with Gasteiger partial charge in [0, 0.05) is 28.2 Å². The number of aryl methyl sites for hydroxylation is 1. The van der Waals surface area contributed by atoms with Crippen LogP contribution in [0.5, 0.6) is 0 Å². The van der Waals surface area contributed by atoms with Gasteiger partial charge in [0.2, 0.25) is 0 Å². The van der Waals surface area contributed by atoms with E-state index in [0.717, 1.165) is 33.2 Å². The molecule has 2 aromatic rings. The molecule has 0 aliphatic heterocycles. The van der Waals surface area contributed by atoms with Crippen LogP contribution in [0.25, 0.3) is 10.7 Å². The molecule has 0 saturated heterocycles. The van der Waals surface area contributed by atoms with Crippen molar-refractivity contribution in [1.29, 1.82) is 0 Å². The van der Waals surface area contributed by atoms with Gasteiger partial charge in [-0.3, -0.25) is 0 Å². The van der Waals surface area contributed by atoms with Crippen LogP contribution in [0.15, 0.2) is 22.0 Å². The minimum atomic E-state index is 0.784. The van der Waals surface area contributed by atoms with Crippen LogP contribution in [0, 0.1) is 6.92 Å². The number of halogens is 1. The molecule has 0 aliphatic carbocycles. The summed E-state index contributed by atoms with van der Waals surface area (Å²) in [4.78, 5) is 9.99. The summed E-state index contributed by atoms with van der Waals surface area (Å²) in [5, 5.41) is 5.24. The van der Waals surface area contributed by atoms with Crippen molar-refractivity contribution in [1.82, 2.24) is 9.97 Å². The number of nitrogens with one attached hydrogen (secondary N) is 1. The summed E-state index contributed by atoms with van der Waals surface area (Å²) in [5.41, 5.74) is 0.977. The number of hydrogen-bond acceptors (Lipinski definition) is 4. The molecule has 0 amide bonds. The molecule has 0 radical (unpaired) electrons. The van der Waals surface area contributed by atoms with Crippen molar-refractivity contribution in [2.45, 2.75) is 13.8 Å². The van der Waals surface area contributed by atoms with Crippen LogP contribution >= 0.6 is 27.3 Å². The van der Waals surface area contributed by atoms with Crippen molar-refractivity contribution < 1.29 is 0 Å². The lowest BCUT2D eigenvalue weighted by Gasteiger charge is -2.05. The standard InChI is InChI=1S/C11H12BrN3S/c1-3-13-10-4-7(2)14-11(15-10)9-5-8(12)6-16-9/h4-6H,3H2,1-2H3,(H,13,14,15). The van der Waals surface area contributed by atoms with Crippen molar-refractivity contribution in [3.05, 3.63) is 27.7 Å². The first-order valence-electron chi connectivity index (χ1n) is 5.03. The fourth-order valence-electron chi connectivity index (χ4n) is 1.38. The van der Waals surface area contributed by atoms with Gasteiger partial charge in [0.25, 0.3) is 0 Å². The Morgan fingerprint density at radius 3 is 2.81 bits per heavy atom. The minimum absolute atomic E-state index is 0.784. The van der Waals surface area contributed by atoms with Gasteiger partial charge in [-0.05, 0) is 35.8 Å². The van der Waals surface area contributed by atoms with Crippen LogP contribution in [0.1, 0.15) is 12.6 Å². The van der Waals surface area contributed by atoms with Crippen molar-refractivity contribution >= 4 is 33.1 Å². The predicted molar refractivity (Wildman–Crippen MR) is 71.9 cm³/mol. The summed E-state index contributed by atoms with van der Waals surface area (Å²) in [5.74, 6) is 1.67. The average molecular weight is 298 g/mol. The fraction of sp³-hybridized carbons (Fsp3) is 0.273. The van der Waals surface area contributed by atoms with E-state index in [-0.39, 0.29) is 0 Å². The van der Waals surface area contributed by atoms with Gasteiger partial charge in [-0.2, -0.15) is 0 Å². The average Bonchev–Trinajstić information content (AvgIpc) is 2.64. The number of thiophene rings is 1. The molecule has 3 nitrogen and oxygen atoms in total. The van der Waals surface area contributed by atoms with E-state index in [0.29, 0.717) is 0 Å². The first kappa shape index (κ1) is 11.5. The molecule has 0 bridgehead atoms. The van der Waals surface area contributed by atoms with Crippen molar-refractivity contribution in [3.8, 4) is 10.7 Å². The van der Waals surface area contributed by atoms with Crippen LogP contribution in [-0.4, -0.2) is 16.5 Å². The number of anilines is 1. The van der Waals surface area contributed by atoms with E-state index in [2.05, 4.69) is 38.1 Å². The molecule has 0 atom stereocenters. The van der Waals surface area contributed by atoms with Gasteiger partial charge < -0.3 is 5.32 Å². The second-order valence-electron chi connectivity index (χ2n) is 3.38. The molecular weight excluding hydrogens is 286 g/mol. The zero-order chi connectivity index (χ0) is 11.5. The highest BCUT2D eigenvalue weighted by Crippen LogP contribution is 2.28. The van der Waals surface area contributed by atoms with E-state index in [1.807, 2.05) is 24.4 Å². The predicted octanol–water partition coefficient (Wildman–Crippen LogP) is 3.71. The van der Waals surface area contributed by atoms with Gasteiger partial charge in [0.05, 0.1) is 4.88 Å². The third-order valence-electron chi connectivity index (χ3n) is 2.00. The Morgan fingerprint density at radius 1 is 1.38 bits per heavy atom. The van der Waals surface area contributed by atoms with E-state index >= 15 is 0 Å². The van der Waals surface area contributed by atoms with Crippen LogP contribution in [0.3, 0.4) is 0 Å². The third-order valence-corrected chi connectivity index (χ3v) is 3.69. The summed E-state index contributed by atoms with van der Waals surface area (Å²) in [6.45, 7) is 4.90. The maximum absolute atomic E-state index is 4.47. The summed E-state index contributed by atoms with van der Waals surface area (Å²) in [6.07, 6.45) is 0. The van der Waals surface area contributed by atoms with Gasteiger partial charge in [0.1, 0.15) is 5.82 Å². The zero-order valence-corrected chi connectivity index (χ0v) is 11.5. The largest absolute Gasteiger partial charge is 0.370 e. The van der Waals surface area contributed by atoms with Crippen molar-refractivity contribution in [3.63, 3.8) is 0 Å². The van der Waals surface area contributed by atoms with Gasteiger partial charge >= 0.3 is 0 Å². The molecule has 0 saturated carbocycles. The lowest BCUT2D eigenvalue weighted by atomic mass is 10.3. The maximum Gasteiger partial charge on any atom is 0.171 e. The molecule has 1 N–H and O–H groups in total. The number of hydrogen-bond donors (Lipinski definition) is 1. The summed E-state index contributed by atoms with van der Waals surface area (Å²) >= 11 is 5.07. The van der Waals surface area contributed by atoms with E-state index in [1.165, 1.54) is 0 Å². The molecule has 84 valence electrons. The van der Waals surface area contributed by atoms with Crippen LogP contribution in [0.2, 0.25) is 0 Å². The van der Waals surface area contributed by atoms with Gasteiger partial charge in [-0.25, -0.2) is 9.97 Å². The van der Waals surface area contributed by atoms with E-state index in [1.54, 1.807) is 11.3 Å². The molecule has 5 heteroatoms. The Bertz CT molecular complexity index is 496. The Labute approximate surface area is 107 Å². The Balaban J connectivity index is 2.40. The highest BCUT2D eigenvalue weighted by Gasteiger charge is 2.06. The van der Waals surface area contributed by atoms with Crippen molar-refractivity contribution in [2.24, 2.45) is 0 Å². The van der Waals surface area contributed by atoms with Crippen molar-refractivity contribution in [2.75, 3.05) is 11.9 Å². The molecule has 0 fully saturated rings. The molecule has 0 aliphatic rings. The summed E-state index contributed by atoms with van der Waals surface area (Å²) < 4.78 is 1.07. The molecule has 0 unspecified atom stereocenters. The van der Waals surface area contributed by atoms with E-state index in [9.17, 15) is 0 Å². The van der Waals surface area contributed by atoms with E-state index in [4.69, 9.17) is 0 Å². The normalized spacial score (nSPS) is 10.4. The first-order valence-corrected chi connectivity index (χ1v) is 6.70. The van der Waals surface area contributed by atoms with Crippen LogP contribution in [0.4, 0.5) is 5.82 Å². The number of rotatable bonds is 3. The van der Waals surface area contributed by atoms with Crippen LogP contribution < -0.4 is 5.32 Å². The Hall–Kier alpha value is -0.940. The highest BCUT2D eigenvalue weighted by atomic mass is 79.9.